The van der Waals surface area contributed by atoms with E-state index in [9.17, 15) is 0 Å². The topological polar surface area (TPSA) is 28.7 Å². The standard InChI is InChI=1S/C17H22N2/c1-17(2,3)16-18-11-15(19-16)14-10-6-8-12-7-4-5-9-13(12)14/h6,8,10-11H,4-5,7,9H2,1-3H3,(H,18,19). The van der Waals surface area contributed by atoms with Crippen molar-refractivity contribution in [3.8, 4) is 11.3 Å². The van der Waals surface area contributed by atoms with E-state index in [1.165, 1.54) is 48.1 Å². The number of rotatable bonds is 1. The summed E-state index contributed by atoms with van der Waals surface area (Å²) in [4.78, 5) is 8.07. The summed E-state index contributed by atoms with van der Waals surface area (Å²) in [5.74, 6) is 1.07. The zero-order valence-electron chi connectivity index (χ0n) is 12.1. The monoisotopic (exact) mass is 254 g/mol. The molecule has 0 unspecified atom stereocenters. The van der Waals surface area contributed by atoms with Crippen molar-refractivity contribution in [1.29, 1.82) is 0 Å². The molecule has 1 N–H and O–H groups in total. The summed E-state index contributed by atoms with van der Waals surface area (Å²) < 4.78 is 0. The van der Waals surface area contributed by atoms with E-state index in [-0.39, 0.29) is 5.41 Å². The fourth-order valence-corrected chi connectivity index (χ4v) is 2.87. The van der Waals surface area contributed by atoms with E-state index in [2.05, 4.69) is 48.9 Å². The Hall–Kier alpha value is -1.57. The lowest BCUT2D eigenvalue weighted by Crippen LogP contribution is -2.13. The van der Waals surface area contributed by atoms with Crippen LogP contribution in [0.2, 0.25) is 0 Å². The molecule has 19 heavy (non-hydrogen) atoms. The van der Waals surface area contributed by atoms with Gasteiger partial charge in [0.05, 0.1) is 11.9 Å². The number of aromatic nitrogens is 2. The first kappa shape index (κ1) is 12.5. The van der Waals surface area contributed by atoms with E-state index in [1.807, 2.05) is 6.20 Å². The third-order valence-electron chi connectivity index (χ3n) is 3.97. The smallest absolute Gasteiger partial charge is 0.111 e. The van der Waals surface area contributed by atoms with Crippen LogP contribution in [0, 0.1) is 0 Å². The minimum atomic E-state index is 0.0765. The van der Waals surface area contributed by atoms with E-state index in [4.69, 9.17) is 0 Å². The number of aryl methyl sites for hydroxylation is 1. The maximum absolute atomic E-state index is 4.56. The van der Waals surface area contributed by atoms with Crippen LogP contribution in [0.1, 0.15) is 50.6 Å². The second kappa shape index (κ2) is 4.52. The number of nitrogens with zero attached hydrogens (tertiary/aromatic N) is 1. The predicted molar refractivity (Wildman–Crippen MR) is 79.4 cm³/mol. The summed E-state index contributed by atoms with van der Waals surface area (Å²) >= 11 is 0. The lowest BCUT2D eigenvalue weighted by atomic mass is 9.87. The molecule has 0 amide bonds. The Balaban J connectivity index is 2.05. The third-order valence-corrected chi connectivity index (χ3v) is 3.97. The van der Waals surface area contributed by atoms with Crippen molar-refractivity contribution in [1.82, 2.24) is 9.97 Å². The van der Waals surface area contributed by atoms with Crippen molar-refractivity contribution in [2.45, 2.75) is 51.9 Å². The number of H-pyrrole nitrogens is 1. The molecule has 0 saturated heterocycles. The van der Waals surface area contributed by atoms with Crippen molar-refractivity contribution >= 4 is 0 Å². The van der Waals surface area contributed by atoms with Gasteiger partial charge >= 0.3 is 0 Å². The molecule has 2 aromatic rings. The molecule has 1 aromatic heterocycles. The number of fused-ring (bicyclic) bond motifs is 1. The summed E-state index contributed by atoms with van der Waals surface area (Å²) in [5.41, 5.74) is 5.64. The SMILES string of the molecule is CC(C)(C)c1ncc(-c2cccc3c2CCCC3)[nH]1. The highest BCUT2D eigenvalue weighted by Gasteiger charge is 2.20. The molecule has 1 heterocycles. The first-order chi connectivity index (χ1) is 9.05. The molecule has 2 heteroatoms. The van der Waals surface area contributed by atoms with E-state index in [0.29, 0.717) is 0 Å². The maximum Gasteiger partial charge on any atom is 0.111 e. The second-order valence-corrected chi connectivity index (χ2v) is 6.55. The summed E-state index contributed by atoms with van der Waals surface area (Å²) in [7, 11) is 0. The molecule has 3 rings (SSSR count). The van der Waals surface area contributed by atoms with Gasteiger partial charge in [-0.25, -0.2) is 4.98 Å². The van der Waals surface area contributed by atoms with Gasteiger partial charge in [0.2, 0.25) is 0 Å². The number of hydrogen-bond donors (Lipinski definition) is 1. The zero-order chi connectivity index (χ0) is 13.5. The largest absolute Gasteiger partial charge is 0.342 e. The Bertz CT molecular complexity index is 588. The van der Waals surface area contributed by atoms with Crippen LogP contribution in [0.4, 0.5) is 0 Å². The van der Waals surface area contributed by atoms with E-state index in [0.717, 1.165) is 5.82 Å². The van der Waals surface area contributed by atoms with Crippen molar-refractivity contribution in [3.63, 3.8) is 0 Å². The number of hydrogen-bond acceptors (Lipinski definition) is 1. The molecule has 0 aliphatic heterocycles. The average Bonchev–Trinajstić information content (AvgIpc) is 2.87. The Morgan fingerprint density at radius 3 is 2.63 bits per heavy atom. The van der Waals surface area contributed by atoms with Crippen LogP contribution < -0.4 is 0 Å². The quantitative estimate of drug-likeness (QED) is 0.809. The Kier molecular flexibility index (Phi) is 2.96. The van der Waals surface area contributed by atoms with Crippen LogP contribution in [0.25, 0.3) is 11.3 Å². The van der Waals surface area contributed by atoms with E-state index < -0.39 is 0 Å². The van der Waals surface area contributed by atoms with Gasteiger partial charge < -0.3 is 4.98 Å². The first-order valence-electron chi connectivity index (χ1n) is 7.22. The molecule has 0 saturated carbocycles. The second-order valence-electron chi connectivity index (χ2n) is 6.55. The molecule has 1 aromatic carbocycles. The van der Waals surface area contributed by atoms with Crippen molar-refractivity contribution in [2.75, 3.05) is 0 Å². The average molecular weight is 254 g/mol. The number of nitrogens with one attached hydrogen (secondary N) is 1. The van der Waals surface area contributed by atoms with Gasteiger partial charge in [0.25, 0.3) is 0 Å². The Labute approximate surface area is 115 Å². The van der Waals surface area contributed by atoms with Crippen molar-refractivity contribution in [3.05, 3.63) is 41.3 Å². The normalized spacial score (nSPS) is 15.3. The molecule has 1 aliphatic rings. The Morgan fingerprint density at radius 1 is 1.11 bits per heavy atom. The zero-order valence-corrected chi connectivity index (χ0v) is 12.1. The van der Waals surface area contributed by atoms with Crippen LogP contribution in [0.3, 0.4) is 0 Å². The minimum Gasteiger partial charge on any atom is -0.342 e. The molecular weight excluding hydrogens is 232 g/mol. The Morgan fingerprint density at radius 2 is 1.89 bits per heavy atom. The molecule has 0 atom stereocenters. The van der Waals surface area contributed by atoms with Gasteiger partial charge in [-0.05, 0) is 36.8 Å². The van der Waals surface area contributed by atoms with E-state index >= 15 is 0 Å². The summed E-state index contributed by atoms with van der Waals surface area (Å²) in [6.45, 7) is 6.57. The number of imidazole rings is 1. The van der Waals surface area contributed by atoms with Crippen LogP contribution >= 0.6 is 0 Å². The predicted octanol–water partition coefficient (Wildman–Crippen LogP) is 4.25. The van der Waals surface area contributed by atoms with Gasteiger partial charge in [0.1, 0.15) is 5.82 Å². The van der Waals surface area contributed by atoms with E-state index in [1.54, 1.807) is 0 Å². The fourth-order valence-electron chi connectivity index (χ4n) is 2.87. The molecule has 0 fully saturated rings. The summed E-state index contributed by atoms with van der Waals surface area (Å²) in [6.07, 6.45) is 7.06. The van der Waals surface area contributed by atoms with Gasteiger partial charge in [0.15, 0.2) is 0 Å². The molecule has 0 radical (unpaired) electrons. The lowest BCUT2D eigenvalue weighted by Gasteiger charge is -2.19. The third kappa shape index (κ3) is 2.32. The highest BCUT2D eigenvalue weighted by atomic mass is 14.9. The minimum absolute atomic E-state index is 0.0765. The highest BCUT2D eigenvalue weighted by molar-refractivity contribution is 5.65. The van der Waals surface area contributed by atoms with Gasteiger partial charge in [0, 0.05) is 11.0 Å². The summed E-state index contributed by atoms with van der Waals surface area (Å²) in [5, 5.41) is 0. The molecule has 1 aliphatic carbocycles. The van der Waals surface area contributed by atoms with Gasteiger partial charge in [-0.2, -0.15) is 0 Å². The van der Waals surface area contributed by atoms with Crippen molar-refractivity contribution in [2.24, 2.45) is 0 Å². The van der Waals surface area contributed by atoms with Crippen molar-refractivity contribution < 1.29 is 0 Å². The van der Waals surface area contributed by atoms with Gasteiger partial charge in [-0.15, -0.1) is 0 Å². The molecule has 2 nitrogen and oxygen atoms in total. The van der Waals surface area contributed by atoms with Crippen LogP contribution in [-0.2, 0) is 18.3 Å². The molecule has 100 valence electrons. The number of aromatic amines is 1. The highest BCUT2D eigenvalue weighted by Crippen LogP contribution is 2.31. The fraction of sp³-hybridized carbons (Fsp3) is 0.471. The lowest BCUT2D eigenvalue weighted by molar-refractivity contribution is 0.553. The maximum atomic E-state index is 4.56. The van der Waals surface area contributed by atoms with Gasteiger partial charge in [-0.1, -0.05) is 39.0 Å². The van der Waals surface area contributed by atoms with Gasteiger partial charge in [-0.3, -0.25) is 0 Å². The number of benzene rings is 1. The van der Waals surface area contributed by atoms with Crippen LogP contribution in [-0.4, -0.2) is 9.97 Å². The van der Waals surface area contributed by atoms with Crippen LogP contribution in [0.15, 0.2) is 24.4 Å². The first-order valence-corrected chi connectivity index (χ1v) is 7.22. The van der Waals surface area contributed by atoms with Crippen LogP contribution in [0.5, 0.6) is 0 Å². The molecule has 0 bridgehead atoms. The molecule has 0 spiro atoms. The molecular formula is C17H22N2. The summed E-state index contributed by atoms with van der Waals surface area (Å²) in [6, 6.07) is 6.68.